The summed E-state index contributed by atoms with van der Waals surface area (Å²) in [6, 6.07) is 7.82. The summed E-state index contributed by atoms with van der Waals surface area (Å²) >= 11 is 0. The highest BCUT2D eigenvalue weighted by atomic mass is 16.5. The second-order valence-corrected chi connectivity index (χ2v) is 4.64. The van der Waals surface area contributed by atoms with Crippen molar-refractivity contribution >= 4 is 0 Å². The molecule has 0 spiro atoms. The van der Waals surface area contributed by atoms with Crippen LogP contribution < -0.4 is 19.5 Å². The Kier molecular flexibility index (Phi) is 5.11. The molecule has 5 heteroatoms. The third kappa shape index (κ3) is 3.49. The van der Waals surface area contributed by atoms with Gasteiger partial charge in [0.2, 0.25) is 5.75 Å². The van der Waals surface area contributed by atoms with E-state index in [9.17, 15) is 0 Å². The van der Waals surface area contributed by atoms with Gasteiger partial charge < -0.3 is 23.9 Å². The van der Waals surface area contributed by atoms with Crippen LogP contribution in [0.3, 0.4) is 0 Å². The molecular formula is C16H21NO4. The molecule has 21 heavy (non-hydrogen) atoms. The van der Waals surface area contributed by atoms with E-state index in [1.807, 2.05) is 24.3 Å². The lowest BCUT2D eigenvalue weighted by molar-refractivity contribution is 0.323. The van der Waals surface area contributed by atoms with Gasteiger partial charge >= 0.3 is 0 Å². The first-order valence-corrected chi connectivity index (χ1v) is 6.75. The Hall–Kier alpha value is -2.14. The minimum absolute atomic E-state index is 0.115. The first-order valence-electron chi connectivity index (χ1n) is 6.75. The molecule has 0 aliphatic carbocycles. The van der Waals surface area contributed by atoms with Gasteiger partial charge in [-0.2, -0.15) is 0 Å². The first-order chi connectivity index (χ1) is 10.2. The van der Waals surface area contributed by atoms with Crippen molar-refractivity contribution in [2.24, 2.45) is 0 Å². The molecule has 1 unspecified atom stereocenters. The maximum Gasteiger partial charge on any atom is 0.203 e. The van der Waals surface area contributed by atoms with Crippen LogP contribution in [0.2, 0.25) is 0 Å². The SMILES string of the molecule is COc1cc(C(C)NCc2ccco2)cc(OC)c1OC. The number of ether oxygens (including phenoxy) is 3. The van der Waals surface area contributed by atoms with Crippen molar-refractivity contribution in [1.29, 1.82) is 0 Å². The van der Waals surface area contributed by atoms with Gasteiger partial charge in [0.1, 0.15) is 5.76 Å². The largest absolute Gasteiger partial charge is 0.493 e. The molecule has 0 amide bonds. The van der Waals surface area contributed by atoms with Gasteiger partial charge in [0.25, 0.3) is 0 Å². The number of hydrogen-bond donors (Lipinski definition) is 1. The Balaban J connectivity index is 2.18. The second kappa shape index (κ2) is 7.04. The van der Waals surface area contributed by atoms with Crippen LogP contribution in [-0.2, 0) is 6.54 Å². The van der Waals surface area contributed by atoms with Gasteiger partial charge in [0, 0.05) is 6.04 Å². The summed E-state index contributed by atoms with van der Waals surface area (Å²) in [5.74, 6) is 2.80. The van der Waals surface area contributed by atoms with E-state index in [0.29, 0.717) is 23.8 Å². The number of methoxy groups -OCH3 is 3. The van der Waals surface area contributed by atoms with Crippen LogP contribution in [0, 0.1) is 0 Å². The monoisotopic (exact) mass is 291 g/mol. The van der Waals surface area contributed by atoms with Gasteiger partial charge in [-0.05, 0) is 36.8 Å². The van der Waals surface area contributed by atoms with E-state index in [-0.39, 0.29) is 6.04 Å². The quantitative estimate of drug-likeness (QED) is 0.849. The maximum atomic E-state index is 5.37. The fourth-order valence-corrected chi connectivity index (χ4v) is 2.14. The second-order valence-electron chi connectivity index (χ2n) is 4.64. The average molecular weight is 291 g/mol. The Bertz CT molecular complexity index is 541. The summed E-state index contributed by atoms with van der Waals surface area (Å²) in [5, 5.41) is 3.40. The molecule has 1 aromatic carbocycles. The highest BCUT2D eigenvalue weighted by Gasteiger charge is 2.16. The Morgan fingerprint density at radius 2 is 1.76 bits per heavy atom. The number of benzene rings is 1. The molecule has 0 fully saturated rings. The number of nitrogens with one attached hydrogen (secondary N) is 1. The molecule has 0 radical (unpaired) electrons. The average Bonchev–Trinajstić information content (AvgIpc) is 3.04. The van der Waals surface area contributed by atoms with E-state index >= 15 is 0 Å². The molecule has 5 nitrogen and oxygen atoms in total. The first kappa shape index (κ1) is 15.3. The smallest absolute Gasteiger partial charge is 0.203 e. The molecule has 2 rings (SSSR count). The molecule has 0 bridgehead atoms. The van der Waals surface area contributed by atoms with Gasteiger partial charge in [0.15, 0.2) is 11.5 Å². The van der Waals surface area contributed by atoms with Crippen LogP contribution in [-0.4, -0.2) is 21.3 Å². The molecular weight excluding hydrogens is 270 g/mol. The van der Waals surface area contributed by atoms with E-state index in [0.717, 1.165) is 11.3 Å². The maximum absolute atomic E-state index is 5.37. The van der Waals surface area contributed by atoms with Crippen LogP contribution in [0.4, 0.5) is 0 Å². The third-order valence-electron chi connectivity index (χ3n) is 3.35. The van der Waals surface area contributed by atoms with Crippen LogP contribution in [0.5, 0.6) is 17.2 Å². The predicted octanol–water partition coefficient (Wildman–Crippen LogP) is 3.16. The van der Waals surface area contributed by atoms with E-state index in [1.54, 1.807) is 27.6 Å². The number of rotatable bonds is 7. The molecule has 0 aliphatic heterocycles. The lowest BCUT2D eigenvalue weighted by Crippen LogP contribution is -2.18. The van der Waals surface area contributed by atoms with Crippen molar-refractivity contribution in [2.45, 2.75) is 19.5 Å². The van der Waals surface area contributed by atoms with Crippen molar-refractivity contribution < 1.29 is 18.6 Å². The van der Waals surface area contributed by atoms with Crippen molar-refractivity contribution in [3.63, 3.8) is 0 Å². The van der Waals surface area contributed by atoms with Crippen LogP contribution in [0.1, 0.15) is 24.3 Å². The van der Waals surface area contributed by atoms with Gasteiger partial charge in [0.05, 0.1) is 34.1 Å². The molecule has 1 N–H and O–H groups in total. The van der Waals surface area contributed by atoms with Crippen molar-refractivity contribution in [3.8, 4) is 17.2 Å². The Morgan fingerprint density at radius 1 is 1.10 bits per heavy atom. The number of hydrogen-bond acceptors (Lipinski definition) is 5. The molecule has 1 aromatic heterocycles. The predicted molar refractivity (Wildman–Crippen MR) is 80.1 cm³/mol. The zero-order valence-electron chi connectivity index (χ0n) is 12.8. The lowest BCUT2D eigenvalue weighted by Gasteiger charge is -2.18. The topological polar surface area (TPSA) is 52.9 Å². The summed E-state index contributed by atoms with van der Waals surface area (Å²) in [7, 11) is 4.82. The summed E-state index contributed by atoms with van der Waals surface area (Å²) in [4.78, 5) is 0. The van der Waals surface area contributed by atoms with E-state index in [1.165, 1.54) is 0 Å². The summed E-state index contributed by atoms with van der Waals surface area (Å²) < 4.78 is 21.4. The highest BCUT2D eigenvalue weighted by Crippen LogP contribution is 2.39. The Labute approximate surface area is 124 Å². The Morgan fingerprint density at radius 3 is 2.24 bits per heavy atom. The molecule has 0 saturated carbocycles. The van der Waals surface area contributed by atoms with Gasteiger partial charge in [-0.25, -0.2) is 0 Å². The standard InChI is InChI=1S/C16H21NO4/c1-11(17-10-13-6-5-7-21-13)12-8-14(18-2)16(20-4)15(9-12)19-3/h5-9,11,17H,10H2,1-4H3. The molecule has 1 heterocycles. The summed E-state index contributed by atoms with van der Waals surface area (Å²) in [6.07, 6.45) is 1.67. The van der Waals surface area contributed by atoms with Gasteiger partial charge in [-0.3, -0.25) is 0 Å². The molecule has 114 valence electrons. The number of furan rings is 1. The fourth-order valence-electron chi connectivity index (χ4n) is 2.14. The zero-order valence-corrected chi connectivity index (χ0v) is 12.8. The van der Waals surface area contributed by atoms with Crippen molar-refractivity contribution in [1.82, 2.24) is 5.32 Å². The molecule has 0 aliphatic rings. The zero-order chi connectivity index (χ0) is 15.2. The highest BCUT2D eigenvalue weighted by molar-refractivity contribution is 5.54. The van der Waals surface area contributed by atoms with Crippen LogP contribution in [0.15, 0.2) is 34.9 Å². The van der Waals surface area contributed by atoms with Gasteiger partial charge in [-0.15, -0.1) is 0 Å². The van der Waals surface area contributed by atoms with Crippen molar-refractivity contribution in [3.05, 3.63) is 41.9 Å². The normalized spacial score (nSPS) is 12.0. The van der Waals surface area contributed by atoms with E-state index in [4.69, 9.17) is 18.6 Å². The lowest BCUT2D eigenvalue weighted by atomic mass is 10.1. The molecule has 2 aromatic rings. The minimum Gasteiger partial charge on any atom is -0.493 e. The van der Waals surface area contributed by atoms with Gasteiger partial charge in [-0.1, -0.05) is 0 Å². The van der Waals surface area contributed by atoms with Crippen molar-refractivity contribution in [2.75, 3.05) is 21.3 Å². The fraction of sp³-hybridized carbons (Fsp3) is 0.375. The molecule has 0 saturated heterocycles. The summed E-state index contributed by atoms with van der Waals surface area (Å²) in [6.45, 7) is 2.73. The van der Waals surface area contributed by atoms with Crippen LogP contribution >= 0.6 is 0 Å². The molecule has 1 atom stereocenters. The van der Waals surface area contributed by atoms with Crippen LogP contribution in [0.25, 0.3) is 0 Å². The van der Waals surface area contributed by atoms with E-state index in [2.05, 4.69) is 12.2 Å². The third-order valence-corrected chi connectivity index (χ3v) is 3.35. The van der Waals surface area contributed by atoms with E-state index < -0.39 is 0 Å². The summed E-state index contributed by atoms with van der Waals surface area (Å²) in [5.41, 5.74) is 1.05. The minimum atomic E-state index is 0.115.